The van der Waals surface area contributed by atoms with E-state index < -0.39 is 0 Å². The molecule has 4 rings (SSSR count). The Morgan fingerprint density at radius 2 is 2.00 bits per heavy atom. The van der Waals surface area contributed by atoms with Gasteiger partial charge in [0.05, 0.1) is 18.0 Å². The van der Waals surface area contributed by atoms with Crippen LogP contribution in [0, 0.1) is 0 Å². The van der Waals surface area contributed by atoms with E-state index >= 15 is 0 Å². The van der Waals surface area contributed by atoms with Crippen LogP contribution in [0.3, 0.4) is 0 Å². The first-order valence-electron chi connectivity index (χ1n) is 10.4. The lowest BCUT2D eigenvalue weighted by atomic mass is 10.3. The zero-order valence-corrected chi connectivity index (χ0v) is 19.2. The van der Waals surface area contributed by atoms with Gasteiger partial charge >= 0.3 is 0 Å². The van der Waals surface area contributed by atoms with E-state index in [1.54, 1.807) is 10.6 Å². The van der Waals surface area contributed by atoms with Crippen LogP contribution in [0.1, 0.15) is 26.7 Å². The Morgan fingerprint density at radius 3 is 2.74 bits per heavy atom. The molecule has 2 aromatic heterocycles. The van der Waals surface area contributed by atoms with E-state index in [2.05, 4.69) is 20.2 Å². The number of aromatic nitrogens is 3. The van der Waals surface area contributed by atoms with Gasteiger partial charge in [-0.05, 0) is 38.8 Å². The monoisotopic (exact) mass is 459 g/mol. The van der Waals surface area contributed by atoms with Crippen LogP contribution in [0.4, 0.5) is 10.8 Å². The van der Waals surface area contributed by atoms with Crippen molar-refractivity contribution < 1.29 is 9.53 Å². The van der Waals surface area contributed by atoms with Crippen molar-refractivity contribution in [3.8, 4) is 5.75 Å². The lowest BCUT2D eigenvalue weighted by Crippen LogP contribution is -2.23. The van der Waals surface area contributed by atoms with E-state index in [1.165, 1.54) is 23.1 Å². The maximum absolute atomic E-state index is 13.0. The van der Waals surface area contributed by atoms with Crippen LogP contribution in [0.25, 0.3) is 10.3 Å². The summed E-state index contributed by atoms with van der Waals surface area (Å²) in [4.78, 5) is 37.0. The molecule has 0 saturated carbocycles. The van der Waals surface area contributed by atoms with E-state index in [4.69, 9.17) is 4.74 Å². The molecule has 0 bridgehead atoms. The number of anilines is 2. The molecule has 1 aromatic carbocycles. The number of carbonyl (C=O) groups is 1. The number of thioether (sulfide) groups is 1. The van der Waals surface area contributed by atoms with Crippen molar-refractivity contribution in [1.29, 1.82) is 0 Å². The first kappa shape index (κ1) is 21.6. The fourth-order valence-corrected chi connectivity index (χ4v) is 5.33. The number of nitrogens with zero attached hydrogens (tertiary/aromatic N) is 4. The second-order valence-corrected chi connectivity index (χ2v) is 8.97. The van der Waals surface area contributed by atoms with E-state index in [0.717, 1.165) is 31.1 Å². The molecule has 0 spiro atoms. The van der Waals surface area contributed by atoms with Gasteiger partial charge in [0.2, 0.25) is 5.91 Å². The summed E-state index contributed by atoms with van der Waals surface area (Å²) in [5.41, 5.74) is 0.993. The van der Waals surface area contributed by atoms with E-state index in [-0.39, 0.29) is 17.2 Å². The maximum Gasteiger partial charge on any atom is 0.273 e. The lowest BCUT2D eigenvalue weighted by molar-refractivity contribution is -0.113. The third-order valence-electron chi connectivity index (χ3n) is 4.96. The van der Waals surface area contributed by atoms with Gasteiger partial charge in [-0.15, -0.1) is 0 Å². The summed E-state index contributed by atoms with van der Waals surface area (Å²) < 4.78 is 7.74. The van der Waals surface area contributed by atoms with Crippen molar-refractivity contribution in [2.24, 2.45) is 0 Å². The summed E-state index contributed by atoms with van der Waals surface area (Å²) in [5, 5.41) is 4.24. The molecule has 164 valence electrons. The van der Waals surface area contributed by atoms with Gasteiger partial charge in [0.15, 0.2) is 15.9 Å². The van der Waals surface area contributed by atoms with Crippen LogP contribution in [0.2, 0.25) is 0 Å². The minimum Gasteiger partial charge on any atom is -0.492 e. The summed E-state index contributed by atoms with van der Waals surface area (Å²) in [7, 11) is 0. The van der Waals surface area contributed by atoms with Crippen molar-refractivity contribution in [1.82, 2.24) is 14.5 Å². The number of hydrogen-bond acceptors (Lipinski definition) is 8. The Hall–Kier alpha value is -2.59. The highest BCUT2D eigenvalue weighted by molar-refractivity contribution is 7.99. The summed E-state index contributed by atoms with van der Waals surface area (Å²) in [5.74, 6) is 0.567. The van der Waals surface area contributed by atoms with Crippen LogP contribution in [-0.2, 0) is 11.3 Å². The van der Waals surface area contributed by atoms with E-state index in [9.17, 15) is 9.59 Å². The molecule has 0 unspecified atom stereocenters. The summed E-state index contributed by atoms with van der Waals surface area (Å²) in [6, 6.07) is 7.32. The molecular weight excluding hydrogens is 434 g/mol. The molecule has 1 saturated heterocycles. The molecule has 1 aliphatic heterocycles. The zero-order chi connectivity index (χ0) is 21.8. The Balaban J connectivity index is 1.52. The Labute approximate surface area is 188 Å². The molecule has 0 radical (unpaired) electrons. The van der Waals surface area contributed by atoms with Crippen LogP contribution in [0.5, 0.6) is 5.75 Å². The van der Waals surface area contributed by atoms with Crippen molar-refractivity contribution in [2.75, 3.05) is 35.7 Å². The largest absolute Gasteiger partial charge is 0.492 e. The first-order chi connectivity index (χ1) is 15.1. The molecule has 3 aromatic rings. The van der Waals surface area contributed by atoms with Gasteiger partial charge in [0.25, 0.3) is 5.56 Å². The van der Waals surface area contributed by atoms with E-state index in [0.29, 0.717) is 40.1 Å². The average Bonchev–Trinajstić information content (AvgIpc) is 3.44. The number of thiazole rings is 1. The SMILES string of the molecule is CCOc1ccccc1NC(=O)CSc1nc2nc(N3CCCC3)sc2c(=O)n1CC. The highest BCUT2D eigenvalue weighted by Gasteiger charge is 2.21. The number of rotatable bonds is 8. The summed E-state index contributed by atoms with van der Waals surface area (Å²) in [6.07, 6.45) is 2.29. The van der Waals surface area contributed by atoms with Crippen LogP contribution < -0.4 is 20.5 Å². The minimum atomic E-state index is -0.190. The number of amides is 1. The third-order valence-corrected chi connectivity index (χ3v) is 7.03. The normalized spacial score (nSPS) is 13.7. The average molecular weight is 460 g/mol. The zero-order valence-electron chi connectivity index (χ0n) is 17.6. The number of para-hydroxylation sites is 2. The molecule has 1 fully saturated rings. The van der Waals surface area contributed by atoms with Gasteiger partial charge in [-0.1, -0.05) is 35.2 Å². The van der Waals surface area contributed by atoms with Crippen LogP contribution in [0.15, 0.2) is 34.2 Å². The molecule has 10 heteroatoms. The molecule has 8 nitrogen and oxygen atoms in total. The number of carbonyl (C=O) groups excluding carboxylic acids is 1. The molecular formula is C21H25N5O3S2. The molecule has 31 heavy (non-hydrogen) atoms. The smallest absolute Gasteiger partial charge is 0.273 e. The van der Waals surface area contributed by atoms with Gasteiger partial charge < -0.3 is 15.0 Å². The van der Waals surface area contributed by atoms with Gasteiger partial charge in [-0.25, -0.2) is 4.98 Å². The van der Waals surface area contributed by atoms with Gasteiger partial charge in [-0.3, -0.25) is 14.2 Å². The molecule has 1 N–H and O–H groups in total. The quantitative estimate of drug-likeness (QED) is 0.407. The van der Waals surface area contributed by atoms with E-state index in [1.807, 2.05) is 32.0 Å². The Kier molecular flexibility index (Phi) is 6.77. The second kappa shape index (κ2) is 9.69. The fourth-order valence-electron chi connectivity index (χ4n) is 3.48. The Morgan fingerprint density at radius 1 is 1.23 bits per heavy atom. The van der Waals surface area contributed by atoms with Crippen molar-refractivity contribution in [3.63, 3.8) is 0 Å². The minimum absolute atomic E-state index is 0.0972. The van der Waals surface area contributed by atoms with Crippen LogP contribution >= 0.6 is 23.1 Å². The first-order valence-corrected chi connectivity index (χ1v) is 12.2. The lowest BCUT2D eigenvalue weighted by Gasteiger charge is -2.12. The van der Waals surface area contributed by atoms with Crippen molar-refractivity contribution in [2.45, 2.75) is 38.4 Å². The maximum atomic E-state index is 13.0. The predicted molar refractivity (Wildman–Crippen MR) is 126 cm³/mol. The topological polar surface area (TPSA) is 89.3 Å². The van der Waals surface area contributed by atoms with Gasteiger partial charge in [0, 0.05) is 19.6 Å². The molecule has 3 heterocycles. The fraction of sp³-hybridized carbons (Fsp3) is 0.429. The summed E-state index contributed by atoms with van der Waals surface area (Å²) >= 11 is 2.65. The second-order valence-electron chi connectivity index (χ2n) is 7.05. The standard InChI is InChI=1S/C21H25N5O3S2/c1-3-26-19(28)17-18(23-20(31-17)25-11-7-8-12-25)24-21(26)30-13-16(27)22-14-9-5-6-10-15(14)29-4-2/h5-6,9-10H,3-4,7-8,11-13H2,1-2H3,(H,22,27). The molecule has 1 aliphatic rings. The molecule has 0 aliphatic carbocycles. The van der Waals surface area contributed by atoms with Crippen molar-refractivity contribution >= 4 is 50.2 Å². The predicted octanol–water partition coefficient (Wildman–Crippen LogP) is 3.60. The third kappa shape index (κ3) is 4.69. The number of hydrogen-bond donors (Lipinski definition) is 1. The Bertz CT molecular complexity index is 1140. The highest BCUT2D eigenvalue weighted by Crippen LogP contribution is 2.30. The van der Waals surface area contributed by atoms with Gasteiger partial charge in [0.1, 0.15) is 10.4 Å². The number of fused-ring (bicyclic) bond motifs is 1. The van der Waals surface area contributed by atoms with Crippen LogP contribution in [-0.4, -0.2) is 45.9 Å². The van der Waals surface area contributed by atoms with Crippen molar-refractivity contribution in [3.05, 3.63) is 34.6 Å². The number of benzene rings is 1. The number of nitrogens with one attached hydrogen (secondary N) is 1. The number of ether oxygens (including phenoxy) is 1. The molecule has 0 atom stereocenters. The molecule has 1 amide bonds. The highest BCUT2D eigenvalue weighted by atomic mass is 32.2. The van der Waals surface area contributed by atoms with Gasteiger partial charge in [-0.2, -0.15) is 4.98 Å². The summed E-state index contributed by atoms with van der Waals surface area (Å²) in [6.45, 7) is 6.73.